The van der Waals surface area contributed by atoms with E-state index in [1.807, 2.05) is 52.0 Å². The van der Waals surface area contributed by atoms with Crippen molar-refractivity contribution in [2.45, 2.75) is 58.7 Å². The summed E-state index contributed by atoms with van der Waals surface area (Å²) in [5.74, 6) is -0.957. The first-order valence-corrected chi connectivity index (χ1v) is 11.6. The number of rotatable bonds is 5. The molecule has 0 saturated carbocycles. The molecule has 1 fully saturated rings. The van der Waals surface area contributed by atoms with Crippen LogP contribution in [-0.4, -0.2) is 46.7 Å². The van der Waals surface area contributed by atoms with Gasteiger partial charge in [-0.2, -0.15) is 0 Å². The Bertz CT molecular complexity index is 1070. The minimum Gasteiger partial charge on any atom is -0.357 e. The fourth-order valence-electron chi connectivity index (χ4n) is 5.32. The van der Waals surface area contributed by atoms with Crippen molar-refractivity contribution in [2.75, 3.05) is 7.05 Å². The van der Waals surface area contributed by atoms with Gasteiger partial charge in [0.1, 0.15) is 18.1 Å². The second kappa shape index (κ2) is 8.96. The van der Waals surface area contributed by atoms with E-state index in [0.29, 0.717) is 11.3 Å². The van der Waals surface area contributed by atoms with E-state index >= 15 is 0 Å². The molecule has 2 aromatic rings. The second-order valence-corrected chi connectivity index (χ2v) is 9.50. The zero-order valence-corrected chi connectivity index (χ0v) is 19.9. The number of hydrogen-bond acceptors (Lipinski definition) is 4. The van der Waals surface area contributed by atoms with Crippen molar-refractivity contribution in [3.05, 3.63) is 64.5 Å². The van der Waals surface area contributed by atoms with Gasteiger partial charge in [-0.1, -0.05) is 44.2 Å². The third-order valence-electron chi connectivity index (χ3n) is 6.91. The van der Waals surface area contributed by atoms with Gasteiger partial charge in [-0.3, -0.25) is 19.4 Å². The molecule has 3 atom stereocenters. The summed E-state index contributed by atoms with van der Waals surface area (Å²) >= 11 is 0. The average Bonchev–Trinajstić information content (AvgIpc) is 3.20. The smallest absolute Gasteiger partial charge is 0.247 e. The predicted octanol–water partition coefficient (Wildman–Crippen LogP) is 2.25. The van der Waals surface area contributed by atoms with Gasteiger partial charge >= 0.3 is 0 Å². The van der Waals surface area contributed by atoms with Crippen LogP contribution in [0.3, 0.4) is 0 Å². The Morgan fingerprint density at radius 2 is 1.73 bits per heavy atom. The number of carbonyl (C=O) groups is 3. The lowest BCUT2D eigenvalue weighted by molar-refractivity contribution is -0.159. The SMILES string of the molecule is CNC(=O)[C@@H](c1ccc(C)nc1C)N1C(=O)[C@@H](C2Cc3ccccc3C2)NC(=O)[C@H]1C(C)C. The van der Waals surface area contributed by atoms with E-state index in [4.69, 9.17) is 0 Å². The Hall–Kier alpha value is -3.22. The highest BCUT2D eigenvalue weighted by Gasteiger charge is 2.50. The van der Waals surface area contributed by atoms with Gasteiger partial charge in [-0.15, -0.1) is 0 Å². The van der Waals surface area contributed by atoms with E-state index in [2.05, 4.69) is 27.8 Å². The van der Waals surface area contributed by atoms with Crippen LogP contribution >= 0.6 is 0 Å². The Morgan fingerprint density at radius 3 is 2.27 bits per heavy atom. The summed E-state index contributed by atoms with van der Waals surface area (Å²) < 4.78 is 0. The van der Waals surface area contributed by atoms with Gasteiger partial charge in [0.25, 0.3) is 0 Å². The molecule has 0 radical (unpaired) electrons. The fraction of sp³-hybridized carbons (Fsp3) is 0.462. The van der Waals surface area contributed by atoms with Crippen molar-refractivity contribution in [2.24, 2.45) is 11.8 Å². The molecular formula is C26H32N4O3. The molecule has 7 nitrogen and oxygen atoms in total. The number of pyridine rings is 1. The number of carbonyl (C=O) groups excluding carboxylic acids is 3. The average molecular weight is 449 g/mol. The standard InChI is InChI=1S/C26H32N4O3/c1-14(2)22-25(32)29-21(19-12-17-8-6-7-9-18(17)13-19)26(33)30(22)23(24(31)27-5)20-11-10-15(3)28-16(20)4/h6-11,14,19,21-23H,12-13H2,1-5H3,(H,27,31)(H,29,32)/t21-,22-,23-/m1/s1. The van der Waals surface area contributed by atoms with Crippen LogP contribution in [0.25, 0.3) is 0 Å². The predicted molar refractivity (Wildman–Crippen MR) is 125 cm³/mol. The fourth-order valence-corrected chi connectivity index (χ4v) is 5.32. The van der Waals surface area contributed by atoms with Crippen LogP contribution in [0, 0.1) is 25.7 Å². The summed E-state index contributed by atoms with van der Waals surface area (Å²) in [5.41, 5.74) is 4.57. The van der Waals surface area contributed by atoms with Crippen LogP contribution < -0.4 is 10.6 Å². The van der Waals surface area contributed by atoms with E-state index in [-0.39, 0.29) is 29.6 Å². The van der Waals surface area contributed by atoms with Crippen LogP contribution in [0.15, 0.2) is 36.4 Å². The normalized spacial score (nSPS) is 21.7. The van der Waals surface area contributed by atoms with Crippen LogP contribution in [0.4, 0.5) is 0 Å². The Morgan fingerprint density at radius 1 is 1.09 bits per heavy atom. The van der Waals surface area contributed by atoms with Crippen molar-refractivity contribution in [1.29, 1.82) is 0 Å². The first-order chi connectivity index (χ1) is 15.7. The summed E-state index contributed by atoms with van der Waals surface area (Å²) in [6.45, 7) is 7.52. The van der Waals surface area contributed by atoms with Crippen LogP contribution in [0.5, 0.6) is 0 Å². The summed E-state index contributed by atoms with van der Waals surface area (Å²) in [7, 11) is 1.55. The molecular weight excluding hydrogens is 416 g/mol. The van der Waals surface area contributed by atoms with Crippen molar-refractivity contribution < 1.29 is 14.4 Å². The van der Waals surface area contributed by atoms with Gasteiger partial charge in [-0.05, 0) is 55.7 Å². The molecule has 7 heteroatoms. The van der Waals surface area contributed by atoms with Crippen molar-refractivity contribution >= 4 is 17.7 Å². The van der Waals surface area contributed by atoms with Crippen molar-refractivity contribution in [3.63, 3.8) is 0 Å². The lowest BCUT2D eigenvalue weighted by Gasteiger charge is -2.45. The highest BCUT2D eigenvalue weighted by Crippen LogP contribution is 2.36. The Labute approximate surface area is 195 Å². The van der Waals surface area contributed by atoms with Crippen molar-refractivity contribution in [3.8, 4) is 0 Å². The molecule has 0 unspecified atom stereocenters. The van der Waals surface area contributed by atoms with Crippen LogP contribution in [0.2, 0.25) is 0 Å². The molecule has 1 aliphatic heterocycles. The van der Waals surface area contributed by atoms with Gasteiger partial charge in [0.15, 0.2) is 0 Å². The van der Waals surface area contributed by atoms with E-state index in [1.165, 1.54) is 16.0 Å². The molecule has 1 saturated heterocycles. The Balaban J connectivity index is 1.77. The summed E-state index contributed by atoms with van der Waals surface area (Å²) in [6.07, 6.45) is 1.45. The highest BCUT2D eigenvalue weighted by atomic mass is 16.2. The van der Waals surface area contributed by atoms with Gasteiger partial charge < -0.3 is 15.5 Å². The maximum absolute atomic E-state index is 14.0. The summed E-state index contributed by atoms with van der Waals surface area (Å²) in [4.78, 5) is 46.7. The van der Waals surface area contributed by atoms with Gasteiger partial charge in [0.05, 0.1) is 0 Å². The van der Waals surface area contributed by atoms with E-state index < -0.39 is 18.1 Å². The molecule has 1 aliphatic carbocycles. The van der Waals surface area contributed by atoms with Gasteiger partial charge in [0.2, 0.25) is 17.7 Å². The Kier molecular flexibility index (Phi) is 6.23. The first kappa shape index (κ1) is 23.0. The zero-order chi connectivity index (χ0) is 23.9. The van der Waals surface area contributed by atoms with Crippen LogP contribution in [-0.2, 0) is 27.2 Å². The molecule has 33 heavy (non-hydrogen) atoms. The number of hydrogen-bond donors (Lipinski definition) is 2. The topological polar surface area (TPSA) is 91.4 Å². The quantitative estimate of drug-likeness (QED) is 0.734. The molecule has 0 bridgehead atoms. The summed E-state index contributed by atoms with van der Waals surface area (Å²) in [5, 5.41) is 5.72. The monoisotopic (exact) mass is 448 g/mol. The van der Waals surface area contributed by atoms with E-state index in [0.717, 1.165) is 18.5 Å². The number of piperazine rings is 1. The van der Waals surface area contributed by atoms with E-state index in [9.17, 15) is 14.4 Å². The zero-order valence-electron chi connectivity index (χ0n) is 19.9. The number of likely N-dealkylation sites (N-methyl/N-ethyl adjacent to an activating group) is 1. The maximum Gasteiger partial charge on any atom is 0.247 e. The number of fused-ring (bicyclic) bond motifs is 1. The van der Waals surface area contributed by atoms with Gasteiger partial charge in [-0.25, -0.2) is 0 Å². The number of nitrogens with one attached hydrogen (secondary N) is 2. The lowest BCUT2D eigenvalue weighted by Crippen LogP contribution is -2.68. The molecule has 1 aromatic heterocycles. The molecule has 2 aliphatic rings. The largest absolute Gasteiger partial charge is 0.357 e. The summed E-state index contributed by atoms with van der Waals surface area (Å²) in [6, 6.07) is 9.47. The number of aryl methyl sites for hydroxylation is 2. The molecule has 2 N–H and O–H groups in total. The third kappa shape index (κ3) is 4.12. The minimum absolute atomic E-state index is 0.0444. The van der Waals surface area contributed by atoms with Gasteiger partial charge in [0, 0.05) is 24.0 Å². The van der Waals surface area contributed by atoms with Crippen molar-refractivity contribution in [1.82, 2.24) is 20.5 Å². The molecule has 3 amide bonds. The molecule has 4 rings (SSSR count). The maximum atomic E-state index is 14.0. The number of amides is 3. The molecule has 174 valence electrons. The number of nitrogens with zero attached hydrogens (tertiary/aromatic N) is 2. The minimum atomic E-state index is -0.930. The molecule has 0 spiro atoms. The molecule has 2 heterocycles. The lowest BCUT2D eigenvalue weighted by atomic mass is 9.87. The second-order valence-electron chi connectivity index (χ2n) is 9.50. The number of benzene rings is 1. The third-order valence-corrected chi connectivity index (χ3v) is 6.91. The number of aromatic nitrogens is 1. The highest BCUT2D eigenvalue weighted by molar-refractivity contribution is 6.00. The van der Waals surface area contributed by atoms with Crippen LogP contribution in [0.1, 0.15) is 48.0 Å². The van der Waals surface area contributed by atoms with E-state index in [1.54, 1.807) is 7.05 Å². The molecule has 1 aromatic carbocycles. The first-order valence-electron chi connectivity index (χ1n) is 11.6.